The van der Waals surface area contributed by atoms with Crippen LogP contribution in [0.2, 0.25) is 5.02 Å². The number of para-hydroxylation sites is 1. The molecule has 0 radical (unpaired) electrons. The van der Waals surface area contributed by atoms with E-state index >= 15 is 0 Å². The standard InChI is InChI=1S/C22H18ClN3O3/c23-17-7-5-14(6-8-17)21-25-24-20(29-21)12-26(18-9-10-18)22(27)16-11-15-3-1-2-4-19(15)28-13-16/h1-8,11,18H,9-10,12-13H2. The van der Waals surface area contributed by atoms with E-state index in [4.69, 9.17) is 20.8 Å². The lowest BCUT2D eigenvalue weighted by molar-refractivity contribution is -0.129. The number of hydrogen-bond acceptors (Lipinski definition) is 5. The Morgan fingerprint density at radius 3 is 2.69 bits per heavy atom. The van der Waals surface area contributed by atoms with Gasteiger partial charge in [-0.3, -0.25) is 4.79 Å². The third-order valence-corrected chi connectivity index (χ3v) is 5.27. The van der Waals surface area contributed by atoms with Crippen molar-refractivity contribution >= 4 is 23.6 Å². The molecule has 1 aromatic heterocycles. The molecule has 5 rings (SSSR count). The maximum atomic E-state index is 13.2. The minimum atomic E-state index is -0.0479. The minimum Gasteiger partial charge on any atom is -0.488 e. The lowest BCUT2D eigenvalue weighted by Gasteiger charge is -2.24. The van der Waals surface area contributed by atoms with Gasteiger partial charge in [-0.05, 0) is 49.2 Å². The van der Waals surface area contributed by atoms with Crippen molar-refractivity contribution in [3.63, 3.8) is 0 Å². The number of aromatic nitrogens is 2. The number of nitrogens with zero attached hydrogens (tertiary/aromatic N) is 3. The van der Waals surface area contributed by atoms with Crippen molar-refractivity contribution in [2.75, 3.05) is 6.61 Å². The lowest BCUT2D eigenvalue weighted by atomic mass is 10.1. The number of hydrogen-bond donors (Lipinski definition) is 0. The highest BCUT2D eigenvalue weighted by Crippen LogP contribution is 2.32. The largest absolute Gasteiger partial charge is 0.488 e. The van der Waals surface area contributed by atoms with E-state index in [9.17, 15) is 4.79 Å². The van der Waals surface area contributed by atoms with Gasteiger partial charge < -0.3 is 14.1 Å². The minimum absolute atomic E-state index is 0.0479. The molecule has 2 heterocycles. The third kappa shape index (κ3) is 3.76. The first kappa shape index (κ1) is 17.9. The second-order valence-corrected chi connectivity index (χ2v) is 7.60. The summed E-state index contributed by atoms with van der Waals surface area (Å²) in [6.07, 6.45) is 3.87. The van der Waals surface area contributed by atoms with Crippen LogP contribution in [0.15, 0.2) is 58.5 Å². The molecule has 1 amide bonds. The van der Waals surface area contributed by atoms with Gasteiger partial charge in [0.2, 0.25) is 11.8 Å². The average Bonchev–Trinajstić information content (AvgIpc) is 3.49. The highest BCUT2D eigenvalue weighted by atomic mass is 35.5. The molecule has 2 aliphatic rings. The summed E-state index contributed by atoms with van der Waals surface area (Å²) < 4.78 is 11.6. The van der Waals surface area contributed by atoms with Crippen LogP contribution in [-0.2, 0) is 11.3 Å². The third-order valence-electron chi connectivity index (χ3n) is 5.02. The van der Waals surface area contributed by atoms with Crippen molar-refractivity contribution in [2.24, 2.45) is 0 Å². The summed E-state index contributed by atoms with van der Waals surface area (Å²) in [4.78, 5) is 15.0. The highest BCUT2D eigenvalue weighted by molar-refractivity contribution is 6.30. The van der Waals surface area contributed by atoms with Gasteiger partial charge in [-0.2, -0.15) is 0 Å². The molecule has 0 spiro atoms. The molecule has 0 atom stereocenters. The topological polar surface area (TPSA) is 68.5 Å². The Bertz CT molecular complexity index is 1090. The van der Waals surface area contributed by atoms with Crippen LogP contribution in [0.5, 0.6) is 5.75 Å². The maximum absolute atomic E-state index is 13.2. The van der Waals surface area contributed by atoms with E-state index in [1.54, 1.807) is 12.1 Å². The number of carbonyl (C=O) groups excluding carboxylic acids is 1. The Morgan fingerprint density at radius 1 is 1.10 bits per heavy atom. The lowest BCUT2D eigenvalue weighted by Crippen LogP contribution is -2.35. The Morgan fingerprint density at radius 2 is 1.90 bits per heavy atom. The zero-order valence-electron chi connectivity index (χ0n) is 15.5. The molecule has 0 unspecified atom stereocenters. The van der Waals surface area contributed by atoms with Gasteiger partial charge in [-0.1, -0.05) is 29.8 Å². The van der Waals surface area contributed by atoms with Gasteiger partial charge in [0.25, 0.3) is 5.91 Å². The molecule has 7 heteroatoms. The molecule has 1 aliphatic carbocycles. The molecule has 0 saturated heterocycles. The van der Waals surface area contributed by atoms with E-state index < -0.39 is 0 Å². The number of rotatable bonds is 5. The van der Waals surface area contributed by atoms with Crippen molar-refractivity contribution in [2.45, 2.75) is 25.4 Å². The highest BCUT2D eigenvalue weighted by Gasteiger charge is 2.35. The molecule has 0 bridgehead atoms. The summed E-state index contributed by atoms with van der Waals surface area (Å²) in [6, 6.07) is 15.1. The Kier molecular flexibility index (Phi) is 4.56. The maximum Gasteiger partial charge on any atom is 0.253 e. The molecule has 146 valence electrons. The predicted molar refractivity (Wildman–Crippen MR) is 108 cm³/mol. The number of carbonyl (C=O) groups is 1. The van der Waals surface area contributed by atoms with E-state index in [1.807, 2.05) is 47.4 Å². The van der Waals surface area contributed by atoms with Crippen molar-refractivity contribution in [3.05, 3.63) is 70.6 Å². The molecular weight excluding hydrogens is 390 g/mol. The van der Waals surface area contributed by atoms with Gasteiger partial charge in [-0.25, -0.2) is 0 Å². The molecule has 1 fully saturated rings. The van der Waals surface area contributed by atoms with Crippen molar-refractivity contribution in [3.8, 4) is 17.2 Å². The van der Waals surface area contributed by atoms with E-state index in [0.717, 1.165) is 29.7 Å². The summed E-state index contributed by atoms with van der Waals surface area (Å²) in [7, 11) is 0. The summed E-state index contributed by atoms with van der Waals surface area (Å²) in [5, 5.41) is 8.89. The Labute approximate surface area is 172 Å². The van der Waals surface area contributed by atoms with E-state index in [-0.39, 0.29) is 25.1 Å². The predicted octanol–water partition coefficient (Wildman–Crippen LogP) is 4.36. The van der Waals surface area contributed by atoms with Gasteiger partial charge in [0, 0.05) is 22.2 Å². The van der Waals surface area contributed by atoms with Crippen LogP contribution in [0, 0.1) is 0 Å². The number of amides is 1. The number of ether oxygens (including phenoxy) is 1. The fraction of sp³-hybridized carbons (Fsp3) is 0.227. The van der Waals surface area contributed by atoms with Crippen molar-refractivity contribution in [1.82, 2.24) is 15.1 Å². The van der Waals surface area contributed by atoms with Crippen LogP contribution in [-0.4, -0.2) is 33.7 Å². The molecule has 1 aliphatic heterocycles. The van der Waals surface area contributed by atoms with Gasteiger partial charge in [-0.15, -0.1) is 10.2 Å². The van der Waals surface area contributed by atoms with Crippen LogP contribution in [0.1, 0.15) is 24.3 Å². The summed E-state index contributed by atoms with van der Waals surface area (Å²) in [5.41, 5.74) is 2.34. The fourth-order valence-electron chi connectivity index (χ4n) is 3.35. The number of benzene rings is 2. The first-order valence-corrected chi connectivity index (χ1v) is 9.87. The smallest absolute Gasteiger partial charge is 0.253 e. The molecule has 6 nitrogen and oxygen atoms in total. The molecule has 0 N–H and O–H groups in total. The van der Waals surface area contributed by atoms with Crippen LogP contribution in [0.3, 0.4) is 0 Å². The van der Waals surface area contributed by atoms with Crippen molar-refractivity contribution < 1.29 is 13.9 Å². The summed E-state index contributed by atoms with van der Waals surface area (Å²) in [6.45, 7) is 0.544. The number of halogens is 1. The molecule has 3 aromatic rings. The second kappa shape index (κ2) is 7.37. The zero-order valence-corrected chi connectivity index (χ0v) is 16.3. The summed E-state index contributed by atoms with van der Waals surface area (Å²) >= 11 is 5.93. The van der Waals surface area contributed by atoms with Crippen LogP contribution in [0.25, 0.3) is 17.5 Å². The Hall–Kier alpha value is -3.12. The normalized spacial score (nSPS) is 15.3. The van der Waals surface area contributed by atoms with E-state index in [0.29, 0.717) is 22.4 Å². The molecule has 1 saturated carbocycles. The van der Waals surface area contributed by atoms with Crippen LogP contribution < -0.4 is 4.74 Å². The van der Waals surface area contributed by atoms with Crippen molar-refractivity contribution in [1.29, 1.82) is 0 Å². The van der Waals surface area contributed by atoms with Crippen LogP contribution in [0.4, 0.5) is 0 Å². The van der Waals surface area contributed by atoms with Gasteiger partial charge in [0.05, 0.1) is 12.1 Å². The fourth-order valence-corrected chi connectivity index (χ4v) is 3.48. The van der Waals surface area contributed by atoms with E-state index in [2.05, 4.69) is 10.2 Å². The Balaban J connectivity index is 1.36. The molecular formula is C22H18ClN3O3. The summed E-state index contributed by atoms with van der Waals surface area (Å²) in [5.74, 6) is 1.57. The first-order chi connectivity index (χ1) is 14.2. The second-order valence-electron chi connectivity index (χ2n) is 7.17. The van der Waals surface area contributed by atoms with Gasteiger partial charge in [0.1, 0.15) is 12.4 Å². The van der Waals surface area contributed by atoms with Gasteiger partial charge >= 0.3 is 0 Å². The molecule has 2 aromatic carbocycles. The van der Waals surface area contributed by atoms with E-state index in [1.165, 1.54) is 0 Å². The monoisotopic (exact) mass is 407 g/mol. The van der Waals surface area contributed by atoms with Crippen LogP contribution >= 0.6 is 11.6 Å². The molecule has 29 heavy (non-hydrogen) atoms. The quantitative estimate of drug-likeness (QED) is 0.628. The first-order valence-electron chi connectivity index (χ1n) is 9.49. The average molecular weight is 408 g/mol. The SMILES string of the molecule is O=C(C1=Cc2ccccc2OC1)N(Cc1nnc(-c2ccc(Cl)cc2)o1)C1CC1. The number of fused-ring (bicyclic) bond motifs is 1. The zero-order chi connectivity index (χ0) is 19.8. The van der Waals surface area contributed by atoms with Gasteiger partial charge in [0.15, 0.2) is 0 Å².